The van der Waals surface area contributed by atoms with Gasteiger partial charge < -0.3 is 9.80 Å². The molecule has 25 heavy (non-hydrogen) atoms. The van der Waals surface area contributed by atoms with Crippen molar-refractivity contribution in [2.45, 2.75) is 31.1 Å². The number of anilines is 1. The molecule has 1 amide bonds. The lowest BCUT2D eigenvalue weighted by Gasteiger charge is -2.34. The van der Waals surface area contributed by atoms with Crippen LogP contribution in [-0.4, -0.2) is 56.6 Å². The fourth-order valence-corrected chi connectivity index (χ4v) is 4.92. The van der Waals surface area contributed by atoms with E-state index in [0.717, 1.165) is 35.8 Å². The number of para-hydroxylation sites is 1. The molecule has 1 aromatic carbocycles. The fraction of sp³-hybridized carbons (Fsp3) is 0.529. The summed E-state index contributed by atoms with van der Waals surface area (Å²) in [6.07, 6.45) is 3.79. The number of nitrogens with zero attached hydrogens (tertiary/aromatic N) is 3. The van der Waals surface area contributed by atoms with Crippen molar-refractivity contribution in [2.24, 2.45) is 0 Å². The van der Waals surface area contributed by atoms with Crippen LogP contribution in [0.2, 0.25) is 0 Å². The molecule has 0 bridgehead atoms. The van der Waals surface area contributed by atoms with Gasteiger partial charge in [0.15, 0.2) is 15.0 Å². The van der Waals surface area contributed by atoms with Crippen molar-refractivity contribution >= 4 is 42.4 Å². The summed E-state index contributed by atoms with van der Waals surface area (Å²) in [6.45, 7) is 4.93. The Morgan fingerprint density at radius 3 is 2.60 bits per heavy atom. The van der Waals surface area contributed by atoms with Crippen molar-refractivity contribution in [1.29, 1.82) is 0 Å². The van der Waals surface area contributed by atoms with Gasteiger partial charge in [0, 0.05) is 38.9 Å². The van der Waals surface area contributed by atoms with Crippen molar-refractivity contribution in [1.82, 2.24) is 9.88 Å². The molecule has 6 nitrogen and oxygen atoms in total. The summed E-state index contributed by atoms with van der Waals surface area (Å²) in [5.74, 6) is 0.227. The summed E-state index contributed by atoms with van der Waals surface area (Å²) in [4.78, 5) is 21.0. The molecule has 0 atom stereocenters. The van der Waals surface area contributed by atoms with Crippen LogP contribution in [0.1, 0.15) is 26.2 Å². The zero-order chi connectivity index (χ0) is 18.0. The molecule has 2 heterocycles. The molecule has 0 N–H and O–H groups in total. The summed E-state index contributed by atoms with van der Waals surface area (Å²) in [5, 5.41) is 0.826. The lowest BCUT2D eigenvalue weighted by molar-refractivity contribution is -0.131. The van der Waals surface area contributed by atoms with Gasteiger partial charge in [-0.2, -0.15) is 0 Å². The van der Waals surface area contributed by atoms with Crippen molar-refractivity contribution in [3.63, 3.8) is 0 Å². The van der Waals surface area contributed by atoms with Gasteiger partial charge in [0.05, 0.1) is 9.60 Å². The van der Waals surface area contributed by atoms with E-state index in [1.807, 2.05) is 11.0 Å². The van der Waals surface area contributed by atoms with E-state index >= 15 is 0 Å². The zero-order valence-electron chi connectivity index (χ0n) is 14.6. The Morgan fingerprint density at radius 1 is 1.24 bits per heavy atom. The molecule has 0 unspecified atom stereocenters. The van der Waals surface area contributed by atoms with Crippen LogP contribution < -0.4 is 4.90 Å². The highest BCUT2D eigenvalue weighted by Gasteiger charge is 2.24. The molecular formula is C17H23N3O3S2. The van der Waals surface area contributed by atoms with Crippen LogP contribution in [0.15, 0.2) is 23.1 Å². The minimum atomic E-state index is -3.30. The number of fused-ring (bicyclic) bond motifs is 1. The highest BCUT2D eigenvalue weighted by molar-refractivity contribution is 7.91. The van der Waals surface area contributed by atoms with Crippen molar-refractivity contribution < 1.29 is 13.2 Å². The number of amides is 1. The molecule has 0 radical (unpaired) electrons. The number of thiazole rings is 1. The molecule has 1 aliphatic heterocycles. The predicted molar refractivity (Wildman–Crippen MR) is 101 cm³/mol. The van der Waals surface area contributed by atoms with E-state index < -0.39 is 9.84 Å². The van der Waals surface area contributed by atoms with Gasteiger partial charge in [-0.15, -0.1) is 0 Å². The number of sulfone groups is 1. The average molecular weight is 382 g/mol. The van der Waals surface area contributed by atoms with Crippen LogP contribution in [0.4, 0.5) is 5.13 Å². The Hall–Kier alpha value is -1.67. The van der Waals surface area contributed by atoms with Crippen LogP contribution in [0.3, 0.4) is 0 Å². The zero-order valence-corrected chi connectivity index (χ0v) is 16.2. The lowest BCUT2D eigenvalue weighted by atomic mass is 10.2. The Labute approximate surface area is 152 Å². The summed E-state index contributed by atoms with van der Waals surface area (Å²) >= 11 is 1.50. The highest BCUT2D eigenvalue weighted by Crippen LogP contribution is 2.33. The third-order valence-electron chi connectivity index (χ3n) is 4.42. The van der Waals surface area contributed by atoms with Crippen molar-refractivity contribution in [3.8, 4) is 0 Å². The number of rotatable bonds is 5. The lowest BCUT2D eigenvalue weighted by Crippen LogP contribution is -2.48. The number of unbranched alkanes of at least 4 members (excludes halogenated alkanes) is 1. The largest absolute Gasteiger partial charge is 0.345 e. The van der Waals surface area contributed by atoms with Gasteiger partial charge >= 0.3 is 0 Å². The minimum Gasteiger partial charge on any atom is -0.345 e. The van der Waals surface area contributed by atoms with Crippen LogP contribution in [0.5, 0.6) is 0 Å². The third kappa shape index (κ3) is 3.95. The second kappa shape index (κ2) is 7.29. The summed E-state index contributed by atoms with van der Waals surface area (Å²) in [5.41, 5.74) is 0.548. The van der Waals surface area contributed by atoms with Gasteiger partial charge in [0.2, 0.25) is 5.91 Å². The van der Waals surface area contributed by atoms with Gasteiger partial charge in [0.1, 0.15) is 5.52 Å². The normalized spacial score (nSPS) is 15.8. The molecule has 1 aromatic heterocycles. The second-order valence-electron chi connectivity index (χ2n) is 6.34. The molecular weight excluding hydrogens is 358 g/mol. The Kier molecular flexibility index (Phi) is 5.29. The molecule has 3 rings (SSSR count). The van der Waals surface area contributed by atoms with Gasteiger partial charge in [-0.05, 0) is 18.6 Å². The SMILES string of the molecule is CCCCC(=O)N1CCN(c2nc3c(S(C)(=O)=O)cccc3s2)CC1. The van der Waals surface area contributed by atoms with Crippen LogP contribution in [-0.2, 0) is 14.6 Å². The molecule has 0 spiro atoms. The highest BCUT2D eigenvalue weighted by atomic mass is 32.2. The van der Waals surface area contributed by atoms with E-state index in [9.17, 15) is 13.2 Å². The van der Waals surface area contributed by atoms with E-state index in [1.165, 1.54) is 17.6 Å². The standard InChI is InChI=1S/C17H23N3O3S2/c1-3-4-8-15(21)19-9-11-20(12-10-19)17-18-16-13(24-17)6-5-7-14(16)25(2,22)23/h5-7H,3-4,8-12H2,1-2H3. The van der Waals surface area contributed by atoms with Crippen molar-refractivity contribution in [2.75, 3.05) is 37.3 Å². The predicted octanol–water partition coefficient (Wildman–Crippen LogP) is 2.54. The van der Waals surface area contributed by atoms with E-state index in [2.05, 4.69) is 16.8 Å². The minimum absolute atomic E-state index is 0.227. The van der Waals surface area contributed by atoms with Gasteiger partial charge in [0.25, 0.3) is 0 Å². The first kappa shape index (κ1) is 18.1. The number of piperazine rings is 1. The summed E-state index contributed by atoms with van der Waals surface area (Å²) in [7, 11) is -3.30. The van der Waals surface area contributed by atoms with E-state index in [-0.39, 0.29) is 10.8 Å². The quantitative estimate of drug-likeness (QED) is 0.796. The maximum absolute atomic E-state index is 12.1. The molecule has 136 valence electrons. The molecule has 2 aromatic rings. The topological polar surface area (TPSA) is 70.6 Å². The van der Waals surface area contributed by atoms with Crippen LogP contribution in [0.25, 0.3) is 10.2 Å². The second-order valence-corrected chi connectivity index (χ2v) is 9.34. The Balaban J connectivity index is 1.75. The summed E-state index contributed by atoms with van der Waals surface area (Å²) < 4.78 is 24.8. The van der Waals surface area contributed by atoms with E-state index in [4.69, 9.17) is 0 Å². The van der Waals surface area contributed by atoms with E-state index in [0.29, 0.717) is 25.0 Å². The molecule has 0 saturated carbocycles. The number of aromatic nitrogens is 1. The number of hydrogen-bond donors (Lipinski definition) is 0. The molecule has 0 aliphatic carbocycles. The number of hydrogen-bond acceptors (Lipinski definition) is 6. The first-order valence-electron chi connectivity index (χ1n) is 8.52. The van der Waals surface area contributed by atoms with Gasteiger partial charge in [-0.3, -0.25) is 4.79 Å². The smallest absolute Gasteiger partial charge is 0.222 e. The molecule has 1 saturated heterocycles. The van der Waals surface area contributed by atoms with Gasteiger partial charge in [-0.1, -0.05) is 30.7 Å². The van der Waals surface area contributed by atoms with Crippen LogP contribution >= 0.6 is 11.3 Å². The Bertz CT molecular complexity index is 868. The number of carbonyl (C=O) groups is 1. The number of carbonyl (C=O) groups excluding carboxylic acids is 1. The first-order valence-corrected chi connectivity index (χ1v) is 11.2. The first-order chi connectivity index (χ1) is 11.9. The third-order valence-corrected chi connectivity index (χ3v) is 6.63. The van der Waals surface area contributed by atoms with Crippen LogP contribution in [0, 0.1) is 0 Å². The van der Waals surface area contributed by atoms with Crippen molar-refractivity contribution in [3.05, 3.63) is 18.2 Å². The number of benzene rings is 1. The molecule has 1 aliphatic rings. The maximum Gasteiger partial charge on any atom is 0.222 e. The average Bonchev–Trinajstić information content (AvgIpc) is 3.03. The summed E-state index contributed by atoms with van der Waals surface area (Å²) in [6, 6.07) is 5.26. The molecule has 1 fully saturated rings. The van der Waals surface area contributed by atoms with Gasteiger partial charge in [-0.25, -0.2) is 13.4 Å². The maximum atomic E-state index is 12.1. The molecule has 8 heteroatoms. The fourth-order valence-electron chi connectivity index (χ4n) is 2.98. The monoisotopic (exact) mass is 381 g/mol. The Morgan fingerprint density at radius 2 is 1.96 bits per heavy atom. The van der Waals surface area contributed by atoms with E-state index in [1.54, 1.807) is 12.1 Å².